The Bertz CT molecular complexity index is 3880. The number of aryl methyl sites for hydroxylation is 4. The lowest BCUT2D eigenvalue weighted by molar-refractivity contribution is 0.617. The van der Waals surface area contributed by atoms with Crippen molar-refractivity contribution in [3.8, 4) is 33.4 Å². The normalized spacial score (nSPS) is 17.0. The molecule has 2 unspecified atom stereocenters. The average molecular weight is 853 g/mol. The van der Waals surface area contributed by atoms with E-state index in [1.807, 2.05) is 6.08 Å². The lowest BCUT2D eigenvalue weighted by atomic mass is 9.72. The van der Waals surface area contributed by atoms with Crippen molar-refractivity contribution in [2.75, 3.05) is 0 Å². The van der Waals surface area contributed by atoms with Crippen molar-refractivity contribution < 1.29 is 0 Å². The van der Waals surface area contributed by atoms with Crippen molar-refractivity contribution in [3.05, 3.63) is 191 Å². The Hall–Kier alpha value is -7.56. The number of allylic oxidation sites excluding steroid dienone is 6. The summed E-state index contributed by atoms with van der Waals surface area (Å²) in [5.41, 5.74) is 35.5. The number of benzene rings is 8. The van der Waals surface area contributed by atoms with Crippen LogP contribution in [0, 0.1) is 0 Å². The third-order valence-corrected chi connectivity index (χ3v) is 15.8. The summed E-state index contributed by atoms with van der Waals surface area (Å²) in [5.74, 6) is 0.588. The summed E-state index contributed by atoms with van der Waals surface area (Å²) in [6, 6.07) is 47.2. The fourth-order valence-corrected chi connectivity index (χ4v) is 12.6. The topological polar surface area (TPSA) is 61.9 Å². The van der Waals surface area contributed by atoms with Crippen LogP contribution >= 0.6 is 0 Å². The third-order valence-electron chi connectivity index (χ3n) is 15.8. The summed E-state index contributed by atoms with van der Waals surface area (Å²) in [6.45, 7) is 9.10. The fourth-order valence-electron chi connectivity index (χ4n) is 12.6. The molecule has 0 saturated carbocycles. The van der Waals surface area contributed by atoms with Gasteiger partial charge in [0.2, 0.25) is 0 Å². The maximum atomic E-state index is 6.52. The monoisotopic (exact) mass is 852 g/mol. The average Bonchev–Trinajstić information content (AvgIpc) is 4.13. The van der Waals surface area contributed by atoms with E-state index in [1.165, 1.54) is 121 Å². The Morgan fingerprint density at radius 3 is 1.50 bits per heavy atom. The van der Waals surface area contributed by atoms with Gasteiger partial charge in [-0.1, -0.05) is 92.7 Å². The van der Waals surface area contributed by atoms with Crippen LogP contribution in [0.4, 0.5) is 0 Å². The van der Waals surface area contributed by atoms with Gasteiger partial charge in [-0.05, 0) is 213 Å². The summed E-state index contributed by atoms with van der Waals surface area (Å²) in [5, 5.41) is 10.6. The number of hydrogen-bond acceptors (Lipinski definition) is 2. The van der Waals surface area contributed by atoms with E-state index in [1.54, 1.807) is 12.4 Å². The van der Waals surface area contributed by atoms with Crippen molar-refractivity contribution >= 4 is 76.6 Å². The minimum Gasteiger partial charge on any atom is -0.405 e. The first kappa shape index (κ1) is 38.9. The number of aromatic nitrogens is 2. The molecule has 0 bridgehead atoms. The van der Waals surface area contributed by atoms with Crippen LogP contribution in [-0.4, -0.2) is 9.13 Å². The molecule has 2 atom stereocenters. The minimum atomic E-state index is 0.293. The molecule has 0 spiro atoms. The van der Waals surface area contributed by atoms with E-state index < -0.39 is 0 Å². The SMILES string of the molecule is C/C=C\C(=C/N)n1c2ccc(-c3ccc4c5c(cccc35)CC4)cc2c2cc3c(cc21)-c1cc2c(cc1C(C)C3C)c1cc(-c3ccc4c5c(cccc35)CC4)ccc1n2/C(C)=C/C=C\N. The molecule has 4 heteroatoms. The molecule has 8 aromatic carbocycles. The molecule has 0 radical (unpaired) electrons. The summed E-state index contributed by atoms with van der Waals surface area (Å²) >= 11 is 0. The predicted molar refractivity (Wildman–Crippen MR) is 282 cm³/mol. The Morgan fingerprint density at radius 1 is 0.515 bits per heavy atom. The Balaban J connectivity index is 1.06. The molecule has 2 heterocycles. The molecule has 3 aliphatic carbocycles. The summed E-state index contributed by atoms with van der Waals surface area (Å²) in [7, 11) is 0. The van der Waals surface area contributed by atoms with Crippen LogP contribution in [-0.2, 0) is 25.7 Å². The summed E-state index contributed by atoms with van der Waals surface area (Å²) in [4.78, 5) is 0. The van der Waals surface area contributed by atoms with Crippen molar-refractivity contribution in [1.82, 2.24) is 9.13 Å². The number of nitrogens with zero attached hydrogens (tertiary/aromatic N) is 2. The van der Waals surface area contributed by atoms with Gasteiger partial charge in [0.05, 0.1) is 27.8 Å². The molecule has 3 aliphatic rings. The molecule has 0 aliphatic heterocycles. The van der Waals surface area contributed by atoms with E-state index in [2.05, 4.69) is 176 Å². The van der Waals surface area contributed by atoms with Gasteiger partial charge in [-0.25, -0.2) is 0 Å². The highest BCUT2D eigenvalue weighted by Crippen LogP contribution is 2.52. The van der Waals surface area contributed by atoms with E-state index in [9.17, 15) is 0 Å². The maximum absolute atomic E-state index is 6.52. The third kappa shape index (κ3) is 5.39. The summed E-state index contributed by atoms with van der Waals surface area (Å²) < 4.78 is 4.80. The molecule has 10 aromatic rings. The zero-order chi connectivity index (χ0) is 44.5. The molecule has 4 nitrogen and oxygen atoms in total. The second kappa shape index (κ2) is 14.5. The van der Waals surface area contributed by atoms with Gasteiger partial charge in [0, 0.05) is 33.4 Å². The molecule has 13 rings (SSSR count). The highest BCUT2D eigenvalue weighted by atomic mass is 15.0. The van der Waals surface area contributed by atoms with Crippen molar-refractivity contribution in [2.24, 2.45) is 11.5 Å². The molecular formula is C62H52N4. The van der Waals surface area contributed by atoms with Crippen molar-refractivity contribution in [3.63, 3.8) is 0 Å². The van der Waals surface area contributed by atoms with Crippen LogP contribution in [0.2, 0.25) is 0 Å². The van der Waals surface area contributed by atoms with Crippen LogP contribution in [0.15, 0.2) is 158 Å². The molecule has 4 N–H and O–H groups in total. The number of rotatable bonds is 6. The van der Waals surface area contributed by atoms with Gasteiger partial charge in [0.25, 0.3) is 0 Å². The van der Waals surface area contributed by atoms with Gasteiger partial charge < -0.3 is 20.6 Å². The van der Waals surface area contributed by atoms with Gasteiger partial charge in [0.15, 0.2) is 0 Å². The van der Waals surface area contributed by atoms with E-state index in [0.717, 1.165) is 48.1 Å². The standard InChI is InChI=1S/C62H52N4/c1-5-9-44(34-64)66-58-26-22-43(46-24-20-41-18-16-39-12-7-14-48(46)62(39)41)29-54(58)56-31-50-37(4)36(3)49-30-55-53-28-42(45-23-19-40-17-15-38-11-6-13-47(45)61(38)40)21-25-57(53)65(35(2)10-8-27-63)59(55)32-51(49)52(50)33-60(56)66/h5-14,19-34,36-37H,15-18,63-64H2,1-4H3/b9-5-,27-8-,35-10+,44-34+. The van der Waals surface area contributed by atoms with Gasteiger partial charge in [-0.3, -0.25) is 0 Å². The number of hydrogen-bond donors (Lipinski definition) is 2. The molecular weight excluding hydrogens is 801 g/mol. The molecule has 0 saturated heterocycles. The maximum Gasteiger partial charge on any atom is 0.0613 e. The van der Waals surface area contributed by atoms with Gasteiger partial charge >= 0.3 is 0 Å². The first-order valence-corrected chi connectivity index (χ1v) is 23.8. The van der Waals surface area contributed by atoms with E-state index >= 15 is 0 Å². The molecule has 0 fully saturated rings. The predicted octanol–water partition coefficient (Wildman–Crippen LogP) is 15.3. The smallest absolute Gasteiger partial charge is 0.0613 e. The van der Waals surface area contributed by atoms with Crippen LogP contribution < -0.4 is 11.5 Å². The van der Waals surface area contributed by atoms with E-state index in [4.69, 9.17) is 11.5 Å². The second-order valence-corrected chi connectivity index (χ2v) is 19.1. The van der Waals surface area contributed by atoms with Crippen LogP contribution in [0.1, 0.15) is 72.9 Å². The molecule has 66 heavy (non-hydrogen) atoms. The number of fused-ring (bicyclic) bond motifs is 9. The van der Waals surface area contributed by atoms with Crippen molar-refractivity contribution in [2.45, 2.75) is 65.2 Å². The minimum absolute atomic E-state index is 0.293. The van der Waals surface area contributed by atoms with Crippen molar-refractivity contribution in [1.29, 1.82) is 0 Å². The quantitative estimate of drug-likeness (QED) is 0.164. The molecule has 320 valence electrons. The first-order chi connectivity index (χ1) is 32.3. The Morgan fingerprint density at radius 2 is 1.00 bits per heavy atom. The summed E-state index contributed by atoms with van der Waals surface area (Å²) in [6.07, 6.45) is 16.1. The number of nitrogens with two attached hydrogens (primary N) is 2. The Labute approximate surface area is 385 Å². The van der Waals surface area contributed by atoms with Crippen LogP contribution in [0.5, 0.6) is 0 Å². The van der Waals surface area contributed by atoms with Crippen LogP contribution in [0.25, 0.3) is 110 Å². The highest BCUT2D eigenvalue weighted by Gasteiger charge is 2.32. The van der Waals surface area contributed by atoms with E-state index in [0.29, 0.717) is 11.8 Å². The van der Waals surface area contributed by atoms with Gasteiger partial charge in [-0.2, -0.15) is 0 Å². The van der Waals surface area contributed by atoms with E-state index in [-0.39, 0.29) is 0 Å². The second-order valence-electron chi connectivity index (χ2n) is 19.1. The lowest BCUT2D eigenvalue weighted by Gasteiger charge is -2.32. The zero-order valence-electron chi connectivity index (χ0n) is 38.0. The zero-order valence-corrected chi connectivity index (χ0v) is 38.0. The van der Waals surface area contributed by atoms with Gasteiger partial charge in [0.1, 0.15) is 0 Å². The fraction of sp³-hybridized carbons (Fsp3) is 0.161. The lowest BCUT2D eigenvalue weighted by Crippen LogP contribution is -2.13. The molecule has 0 amide bonds. The Kier molecular flexibility index (Phi) is 8.52. The van der Waals surface area contributed by atoms with Gasteiger partial charge in [-0.15, -0.1) is 0 Å². The first-order valence-electron chi connectivity index (χ1n) is 23.8. The largest absolute Gasteiger partial charge is 0.405 e. The molecule has 2 aromatic heterocycles. The highest BCUT2D eigenvalue weighted by molar-refractivity contribution is 6.16. The van der Waals surface area contributed by atoms with Crippen LogP contribution in [0.3, 0.4) is 0 Å².